The van der Waals surface area contributed by atoms with Gasteiger partial charge < -0.3 is 0 Å². The molecule has 1 radical (unpaired) electrons. The molecule has 1 rings (SSSR count). The van der Waals surface area contributed by atoms with Gasteiger partial charge in [0.15, 0.2) is 0 Å². The predicted molar refractivity (Wildman–Crippen MR) is 50.2 cm³/mol. The van der Waals surface area contributed by atoms with E-state index in [1.165, 1.54) is 6.07 Å². The molecule has 1 N–H and O–H groups in total. The number of rotatable bonds is 3. The molecular weight excluding hydrogens is 252 g/mol. The Bertz CT molecular complexity index is 412. The molecule has 0 fully saturated rings. The number of hydrogen-bond donors (Lipinski definition) is 1. The molecule has 0 unspecified atom stereocenters. The molecular formula is C9H10CuO3S. The van der Waals surface area contributed by atoms with Crippen molar-refractivity contribution < 1.29 is 30.0 Å². The maximum atomic E-state index is 10.8. The van der Waals surface area contributed by atoms with Crippen molar-refractivity contribution in [1.82, 2.24) is 0 Å². The summed E-state index contributed by atoms with van der Waals surface area (Å²) in [5, 5.41) is 0. The van der Waals surface area contributed by atoms with Gasteiger partial charge in [0.25, 0.3) is 10.1 Å². The summed E-state index contributed by atoms with van der Waals surface area (Å²) < 4.78 is 30.5. The van der Waals surface area contributed by atoms with E-state index in [1.54, 1.807) is 24.3 Å². The minimum atomic E-state index is -4.10. The zero-order valence-corrected chi connectivity index (χ0v) is 9.03. The van der Waals surface area contributed by atoms with Crippen molar-refractivity contribution in [2.75, 3.05) is 0 Å². The second-order valence-electron chi connectivity index (χ2n) is 2.58. The Labute approximate surface area is 94.1 Å². The van der Waals surface area contributed by atoms with Gasteiger partial charge >= 0.3 is 0 Å². The Morgan fingerprint density at radius 1 is 1.36 bits per heavy atom. The SMILES string of the molecule is C=CCc1ccccc1S(=O)(=O)O.[Cu]. The maximum Gasteiger partial charge on any atom is 0.294 e. The van der Waals surface area contributed by atoms with Crippen LogP contribution >= 0.6 is 0 Å². The van der Waals surface area contributed by atoms with Crippen LogP contribution in [0.3, 0.4) is 0 Å². The second-order valence-corrected chi connectivity index (χ2v) is 3.97. The van der Waals surface area contributed by atoms with E-state index in [1.807, 2.05) is 0 Å². The van der Waals surface area contributed by atoms with E-state index in [2.05, 4.69) is 6.58 Å². The Kier molecular flexibility index (Phi) is 5.08. The molecule has 1 aromatic rings. The van der Waals surface area contributed by atoms with Gasteiger partial charge in [-0.05, 0) is 18.1 Å². The van der Waals surface area contributed by atoms with Gasteiger partial charge in [0.05, 0.1) is 4.90 Å². The van der Waals surface area contributed by atoms with Crippen molar-refractivity contribution in [2.24, 2.45) is 0 Å². The first kappa shape index (κ1) is 13.4. The average molecular weight is 262 g/mol. The van der Waals surface area contributed by atoms with E-state index in [4.69, 9.17) is 4.55 Å². The summed E-state index contributed by atoms with van der Waals surface area (Å²) in [5.41, 5.74) is 0.556. The summed E-state index contributed by atoms with van der Waals surface area (Å²) in [4.78, 5) is -0.0464. The predicted octanol–water partition coefficient (Wildman–Crippen LogP) is 1.66. The third-order valence-electron chi connectivity index (χ3n) is 1.61. The van der Waals surface area contributed by atoms with E-state index in [0.717, 1.165) is 0 Å². The van der Waals surface area contributed by atoms with Crippen LogP contribution in [0.25, 0.3) is 0 Å². The zero-order chi connectivity index (χ0) is 9.90. The van der Waals surface area contributed by atoms with Gasteiger partial charge in [-0.3, -0.25) is 4.55 Å². The molecule has 0 heterocycles. The van der Waals surface area contributed by atoms with Gasteiger partial charge in [-0.15, -0.1) is 6.58 Å². The van der Waals surface area contributed by atoms with E-state index in [9.17, 15) is 8.42 Å². The molecule has 3 nitrogen and oxygen atoms in total. The van der Waals surface area contributed by atoms with Crippen LogP contribution in [0, 0.1) is 0 Å². The van der Waals surface area contributed by atoms with Crippen molar-refractivity contribution in [3.8, 4) is 0 Å². The van der Waals surface area contributed by atoms with Crippen LogP contribution in [0.4, 0.5) is 0 Å². The van der Waals surface area contributed by atoms with Crippen LogP contribution < -0.4 is 0 Å². The number of hydrogen-bond acceptors (Lipinski definition) is 2. The Morgan fingerprint density at radius 3 is 2.43 bits per heavy atom. The molecule has 0 aliphatic rings. The van der Waals surface area contributed by atoms with Crippen LogP contribution in [0.1, 0.15) is 5.56 Å². The monoisotopic (exact) mass is 261 g/mol. The van der Waals surface area contributed by atoms with Crippen LogP contribution in [0.2, 0.25) is 0 Å². The fourth-order valence-corrected chi connectivity index (χ4v) is 1.81. The van der Waals surface area contributed by atoms with Crippen molar-refractivity contribution in [3.63, 3.8) is 0 Å². The molecule has 0 amide bonds. The van der Waals surface area contributed by atoms with Crippen molar-refractivity contribution in [1.29, 1.82) is 0 Å². The normalized spacial score (nSPS) is 10.4. The first-order valence-electron chi connectivity index (χ1n) is 3.72. The molecule has 5 heteroatoms. The molecule has 0 saturated heterocycles. The first-order chi connectivity index (χ1) is 6.05. The summed E-state index contributed by atoms with van der Waals surface area (Å²) in [6.45, 7) is 3.50. The maximum absolute atomic E-state index is 10.8. The molecule has 0 spiro atoms. The van der Waals surface area contributed by atoms with Crippen LogP contribution in [0.5, 0.6) is 0 Å². The van der Waals surface area contributed by atoms with Crippen molar-refractivity contribution >= 4 is 10.1 Å². The third kappa shape index (κ3) is 3.27. The minimum absolute atomic E-state index is 0. The summed E-state index contributed by atoms with van der Waals surface area (Å²) in [6.07, 6.45) is 2.01. The summed E-state index contributed by atoms with van der Waals surface area (Å²) in [5.74, 6) is 0. The summed E-state index contributed by atoms with van der Waals surface area (Å²) in [7, 11) is -4.10. The fourth-order valence-electron chi connectivity index (χ4n) is 1.08. The molecule has 0 aliphatic heterocycles. The third-order valence-corrected chi connectivity index (χ3v) is 2.57. The molecule has 0 atom stereocenters. The van der Waals surface area contributed by atoms with E-state index < -0.39 is 10.1 Å². The van der Waals surface area contributed by atoms with Crippen LogP contribution in [-0.2, 0) is 33.6 Å². The standard InChI is InChI=1S/C9H10O3S.Cu/c1-2-5-8-6-3-4-7-9(8)13(10,11)12;/h2-4,6-7H,1,5H2,(H,10,11,12);. The summed E-state index contributed by atoms with van der Waals surface area (Å²) >= 11 is 0. The van der Waals surface area contributed by atoms with E-state index >= 15 is 0 Å². The molecule has 0 saturated carbocycles. The van der Waals surface area contributed by atoms with E-state index in [0.29, 0.717) is 12.0 Å². The number of benzene rings is 1. The van der Waals surface area contributed by atoms with Gasteiger partial charge in [-0.1, -0.05) is 24.3 Å². The first-order valence-corrected chi connectivity index (χ1v) is 5.16. The molecule has 0 bridgehead atoms. The largest absolute Gasteiger partial charge is 0.294 e. The van der Waals surface area contributed by atoms with Crippen LogP contribution in [0.15, 0.2) is 41.8 Å². The topological polar surface area (TPSA) is 54.4 Å². The Hall–Kier alpha value is -0.611. The average Bonchev–Trinajstić information content (AvgIpc) is 2.04. The Balaban J connectivity index is 0.00000169. The fraction of sp³-hybridized carbons (Fsp3) is 0.111. The second kappa shape index (κ2) is 5.31. The number of allylic oxidation sites excluding steroid dienone is 1. The van der Waals surface area contributed by atoms with Crippen molar-refractivity contribution in [3.05, 3.63) is 42.5 Å². The van der Waals surface area contributed by atoms with Crippen molar-refractivity contribution in [2.45, 2.75) is 11.3 Å². The van der Waals surface area contributed by atoms with Crippen LogP contribution in [-0.4, -0.2) is 13.0 Å². The molecule has 81 valence electrons. The molecule has 1 aromatic carbocycles. The molecule has 0 aliphatic carbocycles. The summed E-state index contributed by atoms with van der Waals surface area (Å²) in [6, 6.07) is 6.29. The minimum Gasteiger partial charge on any atom is -0.282 e. The van der Waals surface area contributed by atoms with Gasteiger partial charge in [0.2, 0.25) is 0 Å². The van der Waals surface area contributed by atoms with Gasteiger partial charge in [0, 0.05) is 17.1 Å². The van der Waals surface area contributed by atoms with Gasteiger partial charge in [-0.25, -0.2) is 0 Å². The Morgan fingerprint density at radius 2 is 1.93 bits per heavy atom. The van der Waals surface area contributed by atoms with Gasteiger partial charge in [0.1, 0.15) is 0 Å². The smallest absolute Gasteiger partial charge is 0.282 e. The zero-order valence-electron chi connectivity index (χ0n) is 7.27. The van der Waals surface area contributed by atoms with E-state index in [-0.39, 0.29) is 22.0 Å². The quantitative estimate of drug-likeness (QED) is 0.512. The molecule has 0 aromatic heterocycles. The van der Waals surface area contributed by atoms with Gasteiger partial charge in [-0.2, -0.15) is 8.42 Å². The molecule has 14 heavy (non-hydrogen) atoms.